The molecule has 1 aliphatic rings. The number of imide groups is 1. The molecule has 2 amide bonds. The van der Waals surface area contributed by atoms with Gasteiger partial charge in [0, 0.05) is 12.2 Å². The Morgan fingerprint density at radius 2 is 2.00 bits per heavy atom. The molecule has 6 heteroatoms. The lowest BCUT2D eigenvalue weighted by Gasteiger charge is -2.09. The summed E-state index contributed by atoms with van der Waals surface area (Å²) >= 11 is 0. The molecule has 0 saturated carbocycles. The van der Waals surface area contributed by atoms with Gasteiger partial charge >= 0.3 is 0 Å². The van der Waals surface area contributed by atoms with Crippen LogP contribution in [-0.2, 0) is 16.1 Å². The molecule has 1 aromatic heterocycles. The molecule has 66 valence electrons. The van der Waals surface area contributed by atoms with Crippen LogP contribution in [0.3, 0.4) is 0 Å². The third kappa shape index (κ3) is 1.33. The highest BCUT2D eigenvalue weighted by Crippen LogP contribution is 2.06. The van der Waals surface area contributed by atoms with Crippen LogP contribution in [0, 0.1) is 0 Å². The van der Waals surface area contributed by atoms with E-state index in [4.69, 9.17) is 0 Å². The molecule has 0 saturated heterocycles. The number of nitrogens with zero attached hydrogens (tertiary/aromatic N) is 3. The fourth-order valence-electron chi connectivity index (χ4n) is 0.990. The summed E-state index contributed by atoms with van der Waals surface area (Å²) < 4.78 is 4.46. The van der Waals surface area contributed by atoms with Crippen LogP contribution in [-0.4, -0.2) is 26.9 Å². The Morgan fingerprint density at radius 1 is 1.31 bits per heavy atom. The Kier molecular flexibility index (Phi) is 1.66. The molecule has 0 aliphatic carbocycles. The van der Waals surface area contributed by atoms with Crippen molar-refractivity contribution in [3.63, 3.8) is 0 Å². The second-order valence-electron chi connectivity index (χ2n) is 2.44. The number of rotatable bonds is 2. The zero-order valence-electron chi connectivity index (χ0n) is 6.51. The zero-order chi connectivity index (χ0) is 9.26. The monoisotopic (exact) mass is 179 g/mol. The highest BCUT2D eigenvalue weighted by Gasteiger charge is 2.24. The molecule has 2 heterocycles. The lowest BCUT2D eigenvalue weighted by molar-refractivity contribution is -0.137. The molecule has 1 aromatic rings. The van der Waals surface area contributed by atoms with E-state index in [1.165, 1.54) is 12.2 Å². The lowest BCUT2D eigenvalue weighted by Crippen LogP contribution is -2.29. The van der Waals surface area contributed by atoms with Crippen LogP contribution in [0.4, 0.5) is 0 Å². The summed E-state index contributed by atoms with van der Waals surface area (Å²) in [6.07, 6.45) is 3.57. The van der Waals surface area contributed by atoms with E-state index in [2.05, 4.69) is 14.7 Å². The third-order valence-corrected chi connectivity index (χ3v) is 1.61. The van der Waals surface area contributed by atoms with Crippen molar-refractivity contribution >= 4 is 11.8 Å². The van der Waals surface area contributed by atoms with Crippen molar-refractivity contribution in [3.8, 4) is 0 Å². The molecule has 0 unspecified atom stereocenters. The Labute approximate surface area is 72.8 Å². The first kappa shape index (κ1) is 7.66. The van der Waals surface area contributed by atoms with E-state index in [-0.39, 0.29) is 18.4 Å². The van der Waals surface area contributed by atoms with Gasteiger partial charge in [0.1, 0.15) is 0 Å². The molecule has 0 bridgehead atoms. The lowest BCUT2D eigenvalue weighted by atomic mass is 10.5. The van der Waals surface area contributed by atoms with Crippen LogP contribution < -0.4 is 0 Å². The van der Waals surface area contributed by atoms with Crippen LogP contribution in [0.1, 0.15) is 5.82 Å². The van der Waals surface area contributed by atoms with Gasteiger partial charge in [0.05, 0.1) is 6.54 Å². The molecule has 0 N–H and O–H groups in total. The minimum Gasteiger partial charge on any atom is -0.343 e. The summed E-state index contributed by atoms with van der Waals surface area (Å²) in [5, 5.41) is 3.49. The highest BCUT2D eigenvalue weighted by molar-refractivity contribution is 6.12. The number of carbonyl (C=O) groups is 2. The first-order valence-electron chi connectivity index (χ1n) is 3.56. The number of amides is 2. The van der Waals surface area contributed by atoms with Crippen molar-refractivity contribution in [1.29, 1.82) is 0 Å². The standard InChI is InChI=1S/C7H5N3O3/c11-6-1-2-7(12)10(6)3-5-8-4-13-9-5/h1-2,4H,3H2. The molecule has 6 nitrogen and oxygen atoms in total. The number of hydrogen-bond acceptors (Lipinski definition) is 5. The molecule has 0 atom stereocenters. The number of aromatic nitrogens is 2. The van der Waals surface area contributed by atoms with Gasteiger partial charge < -0.3 is 4.52 Å². The van der Waals surface area contributed by atoms with Gasteiger partial charge in [-0.05, 0) is 0 Å². The Bertz CT molecular complexity index is 350. The molecule has 2 rings (SSSR count). The largest absolute Gasteiger partial charge is 0.343 e. The average molecular weight is 179 g/mol. The second-order valence-corrected chi connectivity index (χ2v) is 2.44. The van der Waals surface area contributed by atoms with Crippen molar-refractivity contribution in [3.05, 3.63) is 24.4 Å². The van der Waals surface area contributed by atoms with E-state index < -0.39 is 0 Å². The molecule has 1 aliphatic heterocycles. The van der Waals surface area contributed by atoms with E-state index >= 15 is 0 Å². The van der Waals surface area contributed by atoms with Crippen molar-refractivity contribution in [2.24, 2.45) is 0 Å². The molecule has 0 aromatic carbocycles. The minimum absolute atomic E-state index is 0.0567. The number of carbonyl (C=O) groups excluding carboxylic acids is 2. The maximum Gasteiger partial charge on any atom is 0.254 e. The fraction of sp³-hybridized carbons (Fsp3) is 0.143. The average Bonchev–Trinajstić information content (AvgIpc) is 2.70. The van der Waals surface area contributed by atoms with Crippen LogP contribution in [0.15, 0.2) is 23.1 Å². The summed E-state index contributed by atoms with van der Waals surface area (Å²) in [6.45, 7) is 0.0567. The quantitative estimate of drug-likeness (QED) is 0.571. The highest BCUT2D eigenvalue weighted by atomic mass is 16.5. The minimum atomic E-state index is -0.352. The van der Waals surface area contributed by atoms with Crippen LogP contribution >= 0.6 is 0 Å². The summed E-state index contributed by atoms with van der Waals surface area (Å²) in [5.41, 5.74) is 0. The smallest absolute Gasteiger partial charge is 0.254 e. The maximum absolute atomic E-state index is 11.0. The summed E-state index contributed by atoms with van der Waals surface area (Å²) in [6, 6.07) is 0. The van der Waals surface area contributed by atoms with Gasteiger partial charge in [-0.1, -0.05) is 5.16 Å². The second kappa shape index (κ2) is 2.81. The normalized spacial score (nSPS) is 15.8. The van der Waals surface area contributed by atoms with Gasteiger partial charge in [0.25, 0.3) is 11.8 Å². The summed E-state index contributed by atoms with van der Waals surface area (Å²) in [5.74, 6) is -0.394. The van der Waals surface area contributed by atoms with Gasteiger partial charge in [-0.25, -0.2) is 0 Å². The Morgan fingerprint density at radius 3 is 2.54 bits per heavy atom. The predicted molar refractivity (Wildman–Crippen MR) is 39.0 cm³/mol. The Hall–Kier alpha value is -1.98. The SMILES string of the molecule is O=C1C=CC(=O)N1Cc1ncon1. The van der Waals surface area contributed by atoms with Crippen molar-refractivity contribution in [2.45, 2.75) is 6.54 Å². The van der Waals surface area contributed by atoms with Gasteiger partial charge in [-0.3, -0.25) is 14.5 Å². The van der Waals surface area contributed by atoms with Crippen LogP contribution in [0.5, 0.6) is 0 Å². The van der Waals surface area contributed by atoms with Crippen LogP contribution in [0.2, 0.25) is 0 Å². The van der Waals surface area contributed by atoms with Crippen LogP contribution in [0.25, 0.3) is 0 Å². The van der Waals surface area contributed by atoms with Crippen molar-refractivity contribution in [1.82, 2.24) is 15.0 Å². The topological polar surface area (TPSA) is 76.3 Å². The first-order valence-corrected chi connectivity index (χ1v) is 3.56. The van der Waals surface area contributed by atoms with Gasteiger partial charge in [0.15, 0.2) is 5.82 Å². The van der Waals surface area contributed by atoms with Gasteiger partial charge in [-0.2, -0.15) is 4.98 Å². The van der Waals surface area contributed by atoms with E-state index in [9.17, 15) is 9.59 Å². The first-order chi connectivity index (χ1) is 6.27. The van der Waals surface area contributed by atoms with E-state index in [1.807, 2.05) is 0 Å². The van der Waals surface area contributed by atoms with Gasteiger partial charge in [0.2, 0.25) is 6.39 Å². The molecule has 0 radical (unpaired) electrons. The molecule has 0 fully saturated rings. The Balaban J connectivity index is 2.11. The van der Waals surface area contributed by atoms with Crippen molar-refractivity contribution < 1.29 is 14.1 Å². The van der Waals surface area contributed by atoms with E-state index in [1.54, 1.807) is 0 Å². The van der Waals surface area contributed by atoms with E-state index in [0.29, 0.717) is 5.82 Å². The number of hydrogen-bond donors (Lipinski definition) is 0. The predicted octanol–water partition coefficient (Wildman–Crippen LogP) is -0.505. The van der Waals surface area contributed by atoms with E-state index in [0.717, 1.165) is 11.3 Å². The fourth-order valence-corrected chi connectivity index (χ4v) is 0.990. The molecule has 0 spiro atoms. The molecular weight excluding hydrogens is 174 g/mol. The third-order valence-electron chi connectivity index (χ3n) is 1.61. The zero-order valence-corrected chi connectivity index (χ0v) is 6.51. The maximum atomic E-state index is 11.0. The molecule has 13 heavy (non-hydrogen) atoms. The summed E-state index contributed by atoms with van der Waals surface area (Å²) in [4.78, 5) is 26.8. The summed E-state index contributed by atoms with van der Waals surface area (Å²) in [7, 11) is 0. The van der Waals surface area contributed by atoms with Crippen molar-refractivity contribution in [2.75, 3.05) is 0 Å². The molecular formula is C7H5N3O3. The van der Waals surface area contributed by atoms with Gasteiger partial charge in [-0.15, -0.1) is 0 Å².